The zero-order valence-corrected chi connectivity index (χ0v) is 15.1. The van der Waals surface area contributed by atoms with Crippen LogP contribution in [0.1, 0.15) is 17.7 Å². The molecule has 136 valence electrons. The van der Waals surface area contributed by atoms with Gasteiger partial charge >= 0.3 is 0 Å². The second-order valence-electron chi connectivity index (χ2n) is 6.85. The highest BCUT2D eigenvalue weighted by Gasteiger charge is 2.28. The Kier molecular flexibility index (Phi) is 4.55. The smallest absolute Gasteiger partial charge is 0.194 e. The number of fused-ring (bicyclic) bond motifs is 2. The molecule has 0 unspecified atom stereocenters. The SMILES string of the molecule is CN(C)CCCOC1=Nc2c(ncnc2N2CCc3cc(F)ccc32)C1. The summed E-state index contributed by atoms with van der Waals surface area (Å²) in [6, 6.07) is 4.89. The van der Waals surface area contributed by atoms with E-state index in [1.807, 2.05) is 20.2 Å². The van der Waals surface area contributed by atoms with Crippen molar-refractivity contribution in [2.45, 2.75) is 19.3 Å². The van der Waals surface area contributed by atoms with Gasteiger partial charge in [-0.05, 0) is 50.7 Å². The highest BCUT2D eigenvalue weighted by Crippen LogP contribution is 2.41. The van der Waals surface area contributed by atoms with Crippen molar-refractivity contribution in [1.82, 2.24) is 14.9 Å². The Hall–Kier alpha value is -2.54. The minimum absolute atomic E-state index is 0.204. The standard InChI is InChI=1S/C19H22FN5O/c1-24(2)7-3-9-26-17-11-15-18(23-17)19(22-12-21-15)25-8-6-13-10-14(20)4-5-16(13)25/h4-5,10,12H,3,6-9,11H2,1-2H3. The van der Waals surface area contributed by atoms with Crippen LogP contribution in [0.5, 0.6) is 0 Å². The molecule has 4 rings (SSSR count). The number of nitrogens with zero attached hydrogens (tertiary/aromatic N) is 5. The predicted molar refractivity (Wildman–Crippen MR) is 99.1 cm³/mol. The van der Waals surface area contributed by atoms with Crippen molar-refractivity contribution in [3.63, 3.8) is 0 Å². The molecule has 0 atom stereocenters. The number of aromatic nitrogens is 2. The summed E-state index contributed by atoms with van der Waals surface area (Å²) >= 11 is 0. The van der Waals surface area contributed by atoms with E-state index in [0.717, 1.165) is 54.4 Å². The van der Waals surface area contributed by atoms with Crippen molar-refractivity contribution in [2.24, 2.45) is 4.99 Å². The zero-order valence-electron chi connectivity index (χ0n) is 15.1. The molecule has 0 fully saturated rings. The molecule has 0 N–H and O–H groups in total. The number of hydrogen-bond acceptors (Lipinski definition) is 6. The van der Waals surface area contributed by atoms with Crippen LogP contribution in [-0.4, -0.2) is 54.6 Å². The predicted octanol–water partition coefficient (Wildman–Crippen LogP) is 2.86. The van der Waals surface area contributed by atoms with Crippen molar-refractivity contribution in [2.75, 3.05) is 38.7 Å². The third kappa shape index (κ3) is 3.26. The van der Waals surface area contributed by atoms with Crippen molar-refractivity contribution in [1.29, 1.82) is 0 Å². The molecular weight excluding hydrogens is 333 g/mol. The molecule has 2 aliphatic heterocycles. The summed E-state index contributed by atoms with van der Waals surface area (Å²) in [6.45, 7) is 2.38. The molecule has 1 aromatic heterocycles. The van der Waals surface area contributed by atoms with Gasteiger partial charge in [0.1, 0.15) is 17.8 Å². The van der Waals surface area contributed by atoms with E-state index in [1.165, 1.54) is 6.07 Å². The van der Waals surface area contributed by atoms with E-state index >= 15 is 0 Å². The lowest BCUT2D eigenvalue weighted by Crippen LogP contribution is -2.16. The van der Waals surface area contributed by atoms with Gasteiger partial charge in [-0.25, -0.2) is 19.4 Å². The number of aliphatic imine (C=N–C) groups is 1. The van der Waals surface area contributed by atoms with Gasteiger partial charge in [0.2, 0.25) is 0 Å². The van der Waals surface area contributed by atoms with E-state index in [4.69, 9.17) is 4.74 Å². The fraction of sp³-hybridized carbons (Fsp3) is 0.421. The van der Waals surface area contributed by atoms with Gasteiger partial charge in [-0.1, -0.05) is 0 Å². The first-order chi connectivity index (χ1) is 12.6. The number of benzene rings is 1. The maximum Gasteiger partial charge on any atom is 0.194 e. The van der Waals surface area contributed by atoms with Crippen LogP contribution >= 0.6 is 0 Å². The zero-order chi connectivity index (χ0) is 18.1. The minimum atomic E-state index is -0.204. The molecule has 0 bridgehead atoms. The monoisotopic (exact) mass is 355 g/mol. The van der Waals surface area contributed by atoms with Crippen LogP contribution in [0.3, 0.4) is 0 Å². The maximum absolute atomic E-state index is 13.5. The molecule has 1 aromatic carbocycles. The quantitative estimate of drug-likeness (QED) is 0.772. The summed E-state index contributed by atoms with van der Waals surface area (Å²) in [5.74, 6) is 1.26. The van der Waals surface area contributed by atoms with Gasteiger partial charge in [0.05, 0.1) is 18.7 Å². The Morgan fingerprint density at radius 2 is 2.15 bits per heavy atom. The molecule has 0 saturated carbocycles. The number of hydrogen-bond donors (Lipinski definition) is 0. The van der Waals surface area contributed by atoms with E-state index in [1.54, 1.807) is 12.4 Å². The number of halogens is 1. The Labute approximate surface area is 152 Å². The normalized spacial score (nSPS) is 15.2. The molecule has 0 saturated heterocycles. The first kappa shape index (κ1) is 16.9. The van der Waals surface area contributed by atoms with Crippen LogP contribution in [-0.2, 0) is 17.6 Å². The summed E-state index contributed by atoms with van der Waals surface area (Å²) in [4.78, 5) is 17.7. The van der Waals surface area contributed by atoms with E-state index in [9.17, 15) is 4.39 Å². The van der Waals surface area contributed by atoms with Gasteiger partial charge in [0.15, 0.2) is 11.7 Å². The topological polar surface area (TPSA) is 53.9 Å². The van der Waals surface area contributed by atoms with E-state index in [0.29, 0.717) is 18.9 Å². The van der Waals surface area contributed by atoms with Crippen molar-refractivity contribution >= 4 is 23.1 Å². The average Bonchev–Trinajstić information content (AvgIpc) is 3.21. The molecule has 2 aliphatic rings. The highest BCUT2D eigenvalue weighted by molar-refractivity contribution is 5.91. The summed E-state index contributed by atoms with van der Waals surface area (Å²) in [5, 5.41) is 0. The average molecular weight is 355 g/mol. The number of rotatable bonds is 5. The lowest BCUT2D eigenvalue weighted by Gasteiger charge is -2.19. The molecular formula is C19H22FN5O. The number of ether oxygens (including phenoxy) is 1. The lowest BCUT2D eigenvalue weighted by molar-refractivity contribution is 0.268. The van der Waals surface area contributed by atoms with Gasteiger partial charge in [-0.15, -0.1) is 0 Å². The largest absolute Gasteiger partial charge is 0.480 e. The maximum atomic E-state index is 13.5. The first-order valence-corrected chi connectivity index (χ1v) is 8.87. The van der Waals surface area contributed by atoms with E-state index in [2.05, 4.69) is 24.8 Å². The van der Waals surface area contributed by atoms with Crippen LogP contribution in [0.4, 0.5) is 21.6 Å². The molecule has 0 aliphatic carbocycles. The Morgan fingerprint density at radius 1 is 1.27 bits per heavy atom. The van der Waals surface area contributed by atoms with Gasteiger partial charge in [0, 0.05) is 18.8 Å². The van der Waals surface area contributed by atoms with Crippen molar-refractivity contribution < 1.29 is 9.13 Å². The summed E-state index contributed by atoms with van der Waals surface area (Å²) in [5.41, 5.74) is 3.64. The van der Waals surface area contributed by atoms with Crippen LogP contribution in [0.2, 0.25) is 0 Å². The Bertz CT molecular complexity index is 852. The van der Waals surface area contributed by atoms with Crippen LogP contribution in [0, 0.1) is 5.82 Å². The van der Waals surface area contributed by atoms with Crippen LogP contribution in [0.25, 0.3) is 0 Å². The molecule has 26 heavy (non-hydrogen) atoms. The summed E-state index contributed by atoms with van der Waals surface area (Å²) in [7, 11) is 4.09. The van der Waals surface area contributed by atoms with Crippen LogP contribution < -0.4 is 4.90 Å². The lowest BCUT2D eigenvalue weighted by atomic mass is 10.1. The van der Waals surface area contributed by atoms with Crippen molar-refractivity contribution in [3.05, 3.63) is 41.6 Å². The second-order valence-corrected chi connectivity index (χ2v) is 6.85. The Balaban J connectivity index is 1.54. The highest BCUT2D eigenvalue weighted by atomic mass is 19.1. The number of anilines is 2. The summed E-state index contributed by atoms with van der Waals surface area (Å²) < 4.78 is 19.3. The minimum Gasteiger partial charge on any atom is -0.480 e. The van der Waals surface area contributed by atoms with Gasteiger partial charge in [0.25, 0.3) is 0 Å². The van der Waals surface area contributed by atoms with E-state index in [-0.39, 0.29) is 5.82 Å². The van der Waals surface area contributed by atoms with Crippen LogP contribution in [0.15, 0.2) is 29.5 Å². The fourth-order valence-corrected chi connectivity index (χ4v) is 3.40. The van der Waals surface area contributed by atoms with Gasteiger partial charge in [-0.2, -0.15) is 0 Å². The third-order valence-corrected chi connectivity index (χ3v) is 4.65. The van der Waals surface area contributed by atoms with Crippen molar-refractivity contribution in [3.8, 4) is 0 Å². The van der Waals surface area contributed by atoms with E-state index < -0.39 is 0 Å². The molecule has 6 nitrogen and oxygen atoms in total. The Morgan fingerprint density at radius 3 is 3.00 bits per heavy atom. The van der Waals surface area contributed by atoms with Gasteiger partial charge < -0.3 is 14.5 Å². The molecule has 7 heteroatoms. The fourth-order valence-electron chi connectivity index (χ4n) is 3.40. The van der Waals surface area contributed by atoms with Gasteiger partial charge in [-0.3, -0.25) is 0 Å². The molecule has 0 spiro atoms. The first-order valence-electron chi connectivity index (χ1n) is 8.87. The molecule has 3 heterocycles. The molecule has 0 radical (unpaired) electrons. The second kappa shape index (κ2) is 6.99. The molecule has 0 amide bonds. The third-order valence-electron chi connectivity index (χ3n) is 4.65. The summed E-state index contributed by atoms with van der Waals surface area (Å²) in [6.07, 6.45) is 3.91. The molecule has 2 aromatic rings.